The number of anilines is 1. The molecule has 1 heterocycles. The number of nitrogens with zero attached hydrogens (tertiary/aromatic N) is 1. The maximum atomic E-state index is 12.5. The predicted octanol–water partition coefficient (Wildman–Crippen LogP) is 2.43. The lowest BCUT2D eigenvalue weighted by Crippen LogP contribution is -2.27. The fraction of sp³-hybridized carbons (Fsp3) is 0.318. The van der Waals surface area contributed by atoms with Crippen LogP contribution in [0.2, 0.25) is 0 Å². The first-order chi connectivity index (χ1) is 14.0. The van der Waals surface area contributed by atoms with E-state index in [1.165, 1.54) is 12.0 Å². The number of rotatable bonds is 4. The molecule has 2 N–H and O–H groups in total. The monoisotopic (exact) mass is 409 g/mol. The minimum absolute atomic E-state index is 0.0374. The zero-order chi connectivity index (χ0) is 20.3. The minimum Gasteiger partial charge on any atom is -0.336 e. The van der Waals surface area contributed by atoms with Crippen molar-refractivity contribution in [2.75, 3.05) is 24.5 Å². The van der Waals surface area contributed by atoms with Gasteiger partial charge in [-0.3, -0.25) is 4.90 Å². The number of carbonyl (C=O) groups excluding carboxylic acids is 1. The molecular formula is C22H23N3O3S. The van der Waals surface area contributed by atoms with Crippen LogP contribution in [0.15, 0.2) is 47.4 Å². The molecule has 0 radical (unpaired) electrons. The van der Waals surface area contributed by atoms with Gasteiger partial charge in [0.2, 0.25) is 10.0 Å². The van der Waals surface area contributed by atoms with Gasteiger partial charge in [-0.05, 0) is 73.2 Å². The summed E-state index contributed by atoms with van der Waals surface area (Å²) in [6.07, 6.45) is 4.24. The second-order valence-corrected chi connectivity index (χ2v) is 8.96. The summed E-state index contributed by atoms with van der Waals surface area (Å²) in [5.41, 5.74) is 3.97. The van der Waals surface area contributed by atoms with Gasteiger partial charge in [0.15, 0.2) is 0 Å². The molecular weight excluding hydrogens is 386 g/mol. The average molecular weight is 410 g/mol. The third-order valence-electron chi connectivity index (χ3n) is 5.25. The van der Waals surface area contributed by atoms with E-state index in [9.17, 15) is 13.2 Å². The second kappa shape index (κ2) is 8.27. The molecule has 1 aliphatic heterocycles. The Hall–Kier alpha value is -2.82. The van der Waals surface area contributed by atoms with Crippen molar-refractivity contribution in [3.8, 4) is 11.8 Å². The average Bonchev–Trinajstić information content (AvgIpc) is 3.17. The number of hydrogen-bond donors (Lipinski definition) is 2. The van der Waals surface area contributed by atoms with Crippen LogP contribution < -0.4 is 14.9 Å². The molecule has 0 spiro atoms. The summed E-state index contributed by atoms with van der Waals surface area (Å²) >= 11 is 0. The lowest BCUT2D eigenvalue weighted by atomic mass is 9.92. The van der Waals surface area contributed by atoms with Crippen LogP contribution in [0.4, 0.5) is 10.5 Å². The van der Waals surface area contributed by atoms with Gasteiger partial charge in [0.1, 0.15) is 0 Å². The highest BCUT2D eigenvalue weighted by Crippen LogP contribution is 2.24. The Bertz CT molecular complexity index is 1080. The van der Waals surface area contributed by atoms with Crippen molar-refractivity contribution < 1.29 is 13.2 Å². The first kappa shape index (κ1) is 19.5. The molecule has 0 saturated carbocycles. The summed E-state index contributed by atoms with van der Waals surface area (Å²) < 4.78 is 27.6. The smallest absolute Gasteiger partial charge is 0.321 e. The summed E-state index contributed by atoms with van der Waals surface area (Å²) in [6.45, 7) is 1.33. The Morgan fingerprint density at radius 3 is 2.52 bits per heavy atom. The molecule has 7 heteroatoms. The highest BCUT2D eigenvalue weighted by Gasteiger charge is 2.20. The molecule has 2 aromatic rings. The summed E-state index contributed by atoms with van der Waals surface area (Å²) in [7, 11) is -3.58. The molecule has 0 aromatic heterocycles. The molecule has 0 bridgehead atoms. The van der Waals surface area contributed by atoms with E-state index in [4.69, 9.17) is 0 Å². The van der Waals surface area contributed by atoms with Crippen molar-refractivity contribution in [3.63, 3.8) is 0 Å². The molecule has 29 heavy (non-hydrogen) atoms. The van der Waals surface area contributed by atoms with Gasteiger partial charge in [-0.25, -0.2) is 13.2 Å². The van der Waals surface area contributed by atoms with E-state index >= 15 is 0 Å². The van der Waals surface area contributed by atoms with Crippen LogP contribution in [0.3, 0.4) is 0 Å². The highest BCUT2D eigenvalue weighted by atomic mass is 32.2. The van der Waals surface area contributed by atoms with Gasteiger partial charge in [0, 0.05) is 24.3 Å². The maximum Gasteiger partial charge on any atom is 0.321 e. The van der Waals surface area contributed by atoms with Crippen molar-refractivity contribution in [3.05, 3.63) is 59.2 Å². The van der Waals surface area contributed by atoms with E-state index < -0.39 is 10.0 Å². The van der Waals surface area contributed by atoms with Crippen molar-refractivity contribution in [2.45, 2.75) is 30.6 Å². The molecule has 4 rings (SSSR count). The van der Waals surface area contributed by atoms with Crippen molar-refractivity contribution in [1.29, 1.82) is 0 Å². The van der Waals surface area contributed by atoms with Crippen LogP contribution >= 0.6 is 0 Å². The number of urea groups is 1. The Labute approximate surface area is 171 Å². The summed E-state index contributed by atoms with van der Waals surface area (Å²) in [5.74, 6) is 5.81. The van der Waals surface area contributed by atoms with Crippen LogP contribution in [0.1, 0.15) is 29.5 Å². The minimum atomic E-state index is -3.58. The van der Waals surface area contributed by atoms with Crippen LogP contribution in [-0.4, -0.2) is 34.1 Å². The fourth-order valence-corrected chi connectivity index (χ4v) is 4.65. The second-order valence-electron chi connectivity index (χ2n) is 7.19. The van der Waals surface area contributed by atoms with Crippen LogP contribution in [0.25, 0.3) is 0 Å². The molecule has 6 nitrogen and oxygen atoms in total. The standard InChI is InChI=1S/C22H23N3O3S/c26-22-23-14-15-25(22)20-10-7-17(8-11-20)4-3-13-24-29(27,28)21-12-9-18-5-1-2-6-19(18)16-21/h7-12,16,24H,1-2,5-6,13-15H2,(H,23,26). The SMILES string of the molecule is O=C1NCCN1c1ccc(C#CCNS(=O)(=O)c2ccc3c(c2)CCCC3)cc1. The first-order valence-corrected chi connectivity index (χ1v) is 11.3. The highest BCUT2D eigenvalue weighted by molar-refractivity contribution is 7.89. The van der Waals surface area contributed by atoms with E-state index in [-0.39, 0.29) is 12.6 Å². The molecule has 2 aliphatic rings. The van der Waals surface area contributed by atoms with Crippen LogP contribution in [0.5, 0.6) is 0 Å². The van der Waals surface area contributed by atoms with Crippen LogP contribution in [0, 0.1) is 11.8 Å². The number of amides is 2. The molecule has 0 atom stereocenters. The van der Waals surface area contributed by atoms with Gasteiger partial charge < -0.3 is 5.32 Å². The number of aryl methyl sites for hydroxylation is 2. The third-order valence-corrected chi connectivity index (χ3v) is 6.65. The maximum absolute atomic E-state index is 12.5. The zero-order valence-corrected chi connectivity index (χ0v) is 16.9. The quantitative estimate of drug-likeness (QED) is 0.762. The van der Waals surface area contributed by atoms with Gasteiger partial charge in [-0.2, -0.15) is 4.72 Å². The van der Waals surface area contributed by atoms with Gasteiger partial charge >= 0.3 is 6.03 Å². The number of fused-ring (bicyclic) bond motifs is 1. The van der Waals surface area contributed by atoms with Crippen molar-refractivity contribution >= 4 is 21.7 Å². The Balaban J connectivity index is 1.37. The number of sulfonamides is 1. The molecule has 1 saturated heterocycles. The van der Waals surface area contributed by atoms with Crippen molar-refractivity contribution in [1.82, 2.24) is 10.0 Å². The fourth-order valence-electron chi connectivity index (χ4n) is 3.68. The lowest BCUT2D eigenvalue weighted by Gasteiger charge is -2.16. The van der Waals surface area contributed by atoms with Gasteiger partial charge in [0.05, 0.1) is 11.4 Å². The number of benzene rings is 2. The van der Waals surface area contributed by atoms with E-state index in [1.54, 1.807) is 17.0 Å². The lowest BCUT2D eigenvalue weighted by molar-refractivity contribution is 0.252. The largest absolute Gasteiger partial charge is 0.336 e. The molecule has 0 unspecified atom stereocenters. The zero-order valence-electron chi connectivity index (χ0n) is 16.1. The van der Waals surface area contributed by atoms with Gasteiger partial charge in [0.25, 0.3) is 0 Å². The number of nitrogens with one attached hydrogen (secondary N) is 2. The Morgan fingerprint density at radius 1 is 1.03 bits per heavy atom. The topological polar surface area (TPSA) is 78.5 Å². The van der Waals surface area contributed by atoms with E-state index in [0.717, 1.165) is 36.1 Å². The Morgan fingerprint density at radius 2 is 1.79 bits per heavy atom. The predicted molar refractivity (Wildman–Crippen MR) is 112 cm³/mol. The number of carbonyl (C=O) groups is 1. The van der Waals surface area contributed by atoms with E-state index in [0.29, 0.717) is 18.0 Å². The number of hydrogen-bond acceptors (Lipinski definition) is 3. The van der Waals surface area contributed by atoms with E-state index in [1.807, 2.05) is 30.3 Å². The normalized spacial score (nSPS) is 16.0. The third kappa shape index (κ3) is 4.44. The van der Waals surface area contributed by atoms with Crippen LogP contribution in [-0.2, 0) is 22.9 Å². The first-order valence-electron chi connectivity index (χ1n) is 9.79. The molecule has 1 aliphatic carbocycles. The van der Waals surface area contributed by atoms with Crippen molar-refractivity contribution in [2.24, 2.45) is 0 Å². The van der Waals surface area contributed by atoms with Gasteiger partial charge in [-0.1, -0.05) is 17.9 Å². The molecule has 2 amide bonds. The summed E-state index contributed by atoms with van der Waals surface area (Å²) in [4.78, 5) is 13.7. The molecule has 2 aromatic carbocycles. The molecule has 150 valence electrons. The summed E-state index contributed by atoms with van der Waals surface area (Å²) in [5, 5.41) is 2.76. The van der Waals surface area contributed by atoms with E-state index in [2.05, 4.69) is 21.9 Å². The molecule has 1 fully saturated rings. The Kier molecular flexibility index (Phi) is 5.56. The van der Waals surface area contributed by atoms with Gasteiger partial charge in [-0.15, -0.1) is 0 Å². The summed E-state index contributed by atoms with van der Waals surface area (Å²) in [6, 6.07) is 12.6.